The molecule has 0 N–H and O–H groups in total. The number of nitrogens with zero attached hydrogens (tertiary/aromatic N) is 2. The Hall–Kier alpha value is -2.22. The molecule has 2 heteroatoms. The summed E-state index contributed by atoms with van der Waals surface area (Å²) in [5.74, 6) is 0. The van der Waals surface area contributed by atoms with E-state index in [2.05, 4.69) is 66.3 Å². The molecule has 0 fully saturated rings. The van der Waals surface area contributed by atoms with Crippen LogP contribution in [0.5, 0.6) is 0 Å². The Morgan fingerprint density at radius 1 is 0.850 bits per heavy atom. The van der Waals surface area contributed by atoms with Crippen LogP contribution in [0.1, 0.15) is 25.0 Å². The molecule has 20 heavy (non-hydrogen) atoms. The largest absolute Gasteiger partial charge is 0.296 e. The van der Waals surface area contributed by atoms with Crippen LogP contribution in [0.25, 0.3) is 11.1 Å². The summed E-state index contributed by atoms with van der Waals surface area (Å²) in [5, 5.41) is 0. The first-order valence-electron chi connectivity index (χ1n) is 6.85. The average molecular weight is 264 g/mol. The van der Waals surface area contributed by atoms with Gasteiger partial charge in [0.25, 0.3) is 0 Å². The molecule has 0 aliphatic heterocycles. The van der Waals surface area contributed by atoms with Crippen molar-refractivity contribution in [3.05, 3.63) is 59.7 Å². The fourth-order valence-corrected chi connectivity index (χ4v) is 2.01. The minimum Gasteiger partial charge on any atom is -0.296 e. The lowest BCUT2D eigenvalue weighted by Crippen LogP contribution is -1.93. The predicted octanol–water partition coefficient (Wildman–Crippen LogP) is 4.23. The molecule has 0 aliphatic rings. The van der Waals surface area contributed by atoms with Crippen molar-refractivity contribution in [2.75, 3.05) is 7.05 Å². The molecule has 0 saturated carbocycles. The Balaban J connectivity index is 2.46. The molecule has 0 aromatic heterocycles. The van der Waals surface area contributed by atoms with E-state index in [0.717, 1.165) is 11.1 Å². The first-order chi connectivity index (χ1) is 9.69. The number of aliphatic imine (C=N–C) groups is 2. The molecule has 0 spiro atoms. The summed E-state index contributed by atoms with van der Waals surface area (Å²) in [6.07, 6.45) is 3.81. The van der Waals surface area contributed by atoms with Gasteiger partial charge in [-0.25, -0.2) is 0 Å². The smallest absolute Gasteiger partial charge is 0.0443 e. The highest BCUT2D eigenvalue weighted by molar-refractivity contribution is 5.89. The van der Waals surface area contributed by atoms with Gasteiger partial charge in [0.1, 0.15) is 0 Å². The molecule has 102 valence electrons. The number of hydrogen-bond donors (Lipinski definition) is 0. The van der Waals surface area contributed by atoms with Crippen molar-refractivity contribution < 1.29 is 0 Å². The van der Waals surface area contributed by atoms with E-state index in [9.17, 15) is 0 Å². The monoisotopic (exact) mass is 264 g/mol. The van der Waals surface area contributed by atoms with E-state index in [1.807, 2.05) is 18.5 Å². The lowest BCUT2D eigenvalue weighted by atomic mass is 10.0. The van der Waals surface area contributed by atoms with Crippen molar-refractivity contribution in [1.29, 1.82) is 0 Å². The SMILES string of the molecule is C/N=C/c1cc(/C=N/C(C)C)cc(-c2ccccc2)c1. The van der Waals surface area contributed by atoms with Crippen LogP contribution in [0.4, 0.5) is 0 Å². The van der Waals surface area contributed by atoms with Gasteiger partial charge < -0.3 is 0 Å². The van der Waals surface area contributed by atoms with E-state index in [4.69, 9.17) is 0 Å². The zero-order chi connectivity index (χ0) is 14.4. The van der Waals surface area contributed by atoms with Crippen molar-refractivity contribution in [2.24, 2.45) is 9.98 Å². The molecule has 0 heterocycles. The van der Waals surface area contributed by atoms with E-state index >= 15 is 0 Å². The van der Waals surface area contributed by atoms with Gasteiger partial charge in [0, 0.05) is 25.5 Å². The van der Waals surface area contributed by atoms with Crippen LogP contribution in [-0.4, -0.2) is 25.5 Å². The Morgan fingerprint density at radius 3 is 2.10 bits per heavy atom. The second-order valence-corrected chi connectivity index (χ2v) is 5.01. The highest BCUT2D eigenvalue weighted by Crippen LogP contribution is 2.21. The fraction of sp³-hybridized carbons (Fsp3) is 0.222. The summed E-state index contributed by atoms with van der Waals surface area (Å²) in [5.41, 5.74) is 4.60. The van der Waals surface area contributed by atoms with Gasteiger partial charge in [0.2, 0.25) is 0 Å². The standard InChI is InChI=1S/C18H20N2/c1-14(2)20-13-16-9-15(12-19-3)10-18(11-16)17-7-5-4-6-8-17/h4-14H,1-3H3/b19-12+,20-13+. The van der Waals surface area contributed by atoms with Crippen LogP contribution < -0.4 is 0 Å². The maximum absolute atomic E-state index is 4.46. The van der Waals surface area contributed by atoms with Crippen LogP contribution in [0.15, 0.2) is 58.5 Å². The Bertz CT molecular complexity index is 611. The quantitative estimate of drug-likeness (QED) is 0.738. The third kappa shape index (κ3) is 3.89. The molecule has 0 amide bonds. The molecule has 0 unspecified atom stereocenters. The molecule has 2 rings (SSSR count). The van der Waals surface area contributed by atoms with Crippen molar-refractivity contribution in [2.45, 2.75) is 19.9 Å². The van der Waals surface area contributed by atoms with Crippen LogP contribution in [0.3, 0.4) is 0 Å². The van der Waals surface area contributed by atoms with E-state index in [0.29, 0.717) is 6.04 Å². The summed E-state index contributed by atoms with van der Waals surface area (Å²) in [6.45, 7) is 4.15. The van der Waals surface area contributed by atoms with Gasteiger partial charge in [-0.2, -0.15) is 0 Å². The average Bonchev–Trinajstić information content (AvgIpc) is 2.46. The summed E-state index contributed by atoms with van der Waals surface area (Å²) >= 11 is 0. The molecule has 0 radical (unpaired) electrons. The molecule has 0 bridgehead atoms. The van der Waals surface area contributed by atoms with Crippen molar-refractivity contribution in [3.8, 4) is 11.1 Å². The molecule has 0 saturated heterocycles. The first-order valence-corrected chi connectivity index (χ1v) is 6.85. The second-order valence-electron chi connectivity index (χ2n) is 5.01. The number of rotatable bonds is 4. The molecule has 2 aromatic rings. The van der Waals surface area contributed by atoms with Crippen LogP contribution >= 0.6 is 0 Å². The van der Waals surface area contributed by atoms with Gasteiger partial charge >= 0.3 is 0 Å². The summed E-state index contributed by atoms with van der Waals surface area (Å²) in [4.78, 5) is 8.57. The number of benzene rings is 2. The Kier molecular flexibility index (Phi) is 4.83. The summed E-state index contributed by atoms with van der Waals surface area (Å²) in [7, 11) is 1.79. The van der Waals surface area contributed by atoms with Gasteiger partial charge in [0.15, 0.2) is 0 Å². The highest BCUT2D eigenvalue weighted by Gasteiger charge is 2.01. The lowest BCUT2D eigenvalue weighted by molar-refractivity contribution is 0.841. The fourth-order valence-electron chi connectivity index (χ4n) is 2.01. The van der Waals surface area contributed by atoms with E-state index in [-0.39, 0.29) is 0 Å². The van der Waals surface area contributed by atoms with Crippen LogP contribution in [0, 0.1) is 0 Å². The van der Waals surface area contributed by atoms with Crippen LogP contribution in [-0.2, 0) is 0 Å². The third-order valence-electron chi connectivity index (χ3n) is 2.88. The highest BCUT2D eigenvalue weighted by atomic mass is 14.7. The lowest BCUT2D eigenvalue weighted by Gasteiger charge is -2.06. The van der Waals surface area contributed by atoms with Gasteiger partial charge in [-0.3, -0.25) is 9.98 Å². The zero-order valence-corrected chi connectivity index (χ0v) is 12.2. The predicted molar refractivity (Wildman–Crippen MR) is 88.1 cm³/mol. The molecule has 2 aromatic carbocycles. The molecular formula is C18H20N2. The molecule has 0 aliphatic carbocycles. The number of hydrogen-bond acceptors (Lipinski definition) is 2. The van der Waals surface area contributed by atoms with Gasteiger partial charge in [-0.1, -0.05) is 30.3 Å². The second kappa shape index (κ2) is 6.80. The van der Waals surface area contributed by atoms with E-state index < -0.39 is 0 Å². The summed E-state index contributed by atoms with van der Waals surface area (Å²) < 4.78 is 0. The zero-order valence-electron chi connectivity index (χ0n) is 12.2. The summed E-state index contributed by atoms with van der Waals surface area (Å²) in [6, 6.07) is 17.1. The third-order valence-corrected chi connectivity index (χ3v) is 2.88. The van der Waals surface area contributed by atoms with Gasteiger partial charge in [0.05, 0.1) is 0 Å². The topological polar surface area (TPSA) is 24.7 Å². The molecular weight excluding hydrogens is 244 g/mol. The molecule has 0 atom stereocenters. The minimum atomic E-state index is 0.304. The van der Waals surface area contributed by atoms with Crippen molar-refractivity contribution in [3.63, 3.8) is 0 Å². The van der Waals surface area contributed by atoms with Crippen molar-refractivity contribution in [1.82, 2.24) is 0 Å². The first kappa shape index (κ1) is 14.2. The Labute approximate surface area is 120 Å². The maximum Gasteiger partial charge on any atom is 0.0443 e. The van der Waals surface area contributed by atoms with Gasteiger partial charge in [-0.05, 0) is 54.3 Å². The Morgan fingerprint density at radius 2 is 1.50 bits per heavy atom. The normalized spacial score (nSPS) is 11.8. The minimum absolute atomic E-state index is 0.304. The maximum atomic E-state index is 4.46. The molecule has 2 nitrogen and oxygen atoms in total. The van der Waals surface area contributed by atoms with Gasteiger partial charge in [-0.15, -0.1) is 0 Å². The van der Waals surface area contributed by atoms with E-state index in [1.54, 1.807) is 7.05 Å². The van der Waals surface area contributed by atoms with E-state index in [1.165, 1.54) is 11.1 Å². The van der Waals surface area contributed by atoms with Crippen molar-refractivity contribution >= 4 is 12.4 Å². The van der Waals surface area contributed by atoms with Crippen LogP contribution in [0.2, 0.25) is 0 Å².